The zero-order valence-electron chi connectivity index (χ0n) is 14.5. The van der Waals surface area contributed by atoms with Crippen LogP contribution in [-0.2, 0) is 0 Å². The highest BCUT2D eigenvalue weighted by atomic mass is 32.1. The Kier molecular flexibility index (Phi) is 4.26. The number of fused-ring (bicyclic) bond motifs is 2. The summed E-state index contributed by atoms with van der Waals surface area (Å²) in [5.41, 5.74) is 1.74. The number of rotatable bonds is 3. The summed E-state index contributed by atoms with van der Waals surface area (Å²) in [6, 6.07) is 15.4. The van der Waals surface area contributed by atoms with Crippen LogP contribution in [0, 0.1) is 0 Å². The van der Waals surface area contributed by atoms with E-state index in [1.165, 1.54) is 0 Å². The van der Waals surface area contributed by atoms with Crippen LogP contribution in [0.15, 0.2) is 60.9 Å². The molecule has 0 fully saturated rings. The Labute approximate surface area is 155 Å². The molecule has 0 bridgehead atoms. The lowest BCUT2D eigenvalue weighted by Crippen LogP contribution is -2.33. The molecular formula is C20H18N4OS. The second-order valence-electron chi connectivity index (χ2n) is 6.14. The third-order valence-corrected chi connectivity index (χ3v) is 5.70. The summed E-state index contributed by atoms with van der Waals surface area (Å²) < 4.78 is 1.13. The van der Waals surface area contributed by atoms with Gasteiger partial charge in [0.25, 0.3) is 0 Å². The molecule has 0 aliphatic rings. The molecule has 5 nitrogen and oxygen atoms in total. The number of benzene rings is 2. The zero-order chi connectivity index (χ0) is 18.1. The smallest absolute Gasteiger partial charge is 0.318 e. The molecule has 0 aliphatic heterocycles. The number of pyridine rings is 1. The van der Waals surface area contributed by atoms with Crippen LogP contribution >= 0.6 is 11.3 Å². The molecule has 4 rings (SSSR count). The van der Waals surface area contributed by atoms with Crippen molar-refractivity contribution in [2.75, 3.05) is 12.4 Å². The molecule has 1 atom stereocenters. The van der Waals surface area contributed by atoms with E-state index in [1.54, 1.807) is 35.7 Å². The van der Waals surface area contributed by atoms with Crippen LogP contribution in [0.5, 0.6) is 0 Å². The number of nitrogens with zero attached hydrogens (tertiary/aromatic N) is 3. The third kappa shape index (κ3) is 2.99. The van der Waals surface area contributed by atoms with Crippen molar-refractivity contribution in [1.82, 2.24) is 14.9 Å². The molecule has 2 aromatic carbocycles. The highest BCUT2D eigenvalue weighted by Gasteiger charge is 2.21. The largest absolute Gasteiger partial charge is 0.322 e. The maximum absolute atomic E-state index is 12.8. The maximum atomic E-state index is 12.8. The molecule has 0 saturated heterocycles. The van der Waals surface area contributed by atoms with Crippen molar-refractivity contribution in [2.24, 2.45) is 0 Å². The molecule has 0 spiro atoms. The lowest BCUT2D eigenvalue weighted by Gasteiger charge is -2.24. The van der Waals surface area contributed by atoms with E-state index in [0.29, 0.717) is 0 Å². The molecule has 26 heavy (non-hydrogen) atoms. The van der Waals surface area contributed by atoms with Gasteiger partial charge >= 0.3 is 6.03 Å². The van der Waals surface area contributed by atoms with E-state index in [4.69, 9.17) is 0 Å². The van der Waals surface area contributed by atoms with Crippen LogP contribution < -0.4 is 5.32 Å². The highest BCUT2D eigenvalue weighted by Crippen LogP contribution is 2.29. The first-order valence-electron chi connectivity index (χ1n) is 8.35. The molecular weight excluding hydrogens is 344 g/mol. The summed E-state index contributed by atoms with van der Waals surface area (Å²) in [5, 5.41) is 5.89. The van der Waals surface area contributed by atoms with Crippen molar-refractivity contribution in [3.8, 4) is 0 Å². The summed E-state index contributed by atoms with van der Waals surface area (Å²) in [5.74, 6) is 0. The minimum atomic E-state index is -0.166. The Balaban J connectivity index is 1.57. The molecule has 0 radical (unpaired) electrons. The predicted molar refractivity (Wildman–Crippen MR) is 107 cm³/mol. The first-order chi connectivity index (χ1) is 12.6. The van der Waals surface area contributed by atoms with Crippen LogP contribution in [0.1, 0.15) is 18.0 Å². The summed E-state index contributed by atoms with van der Waals surface area (Å²) >= 11 is 1.62. The molecule has 2 amide bonds. The number of carbonyl (C=O) groups is 1. The van der Waals surface area contributed by atoms with Gasteiger partial charge in [-0.2, -0.15) is 0 Å². The van der Waals surface area contributed by atoms with Crippen molar-refractivity contribution in [3.05, 3.63) is 65.9 Å². The van der Waals surface area contributed by atoms with Gasteiger partial charge in [0.1, 0.15) is 5.01 Å². The van der Waals surface area contributed by atoms with E-state index < -0.39 is 0 Å². The van der Waals surface area contributed by atoms with Gasteiger partial charge in [-0.05, 0) is 31.2 Å². The van der Waals surface area contributed by atoms with Crippen LogP contribution in [0.25, 0.3) is 21.0 Å². The number of para-hydroxylation sites is 1. The maximum Gasteiger partial charge on any atom is 0.322 e. The molecule has 0 aliphatic carbocycles. The van der Waals surface area contributed by atoms with E-state index in [1.807, 2.05) is 55.5 Å². The molecule has 130 valence electrons. The summed E-state index contributed by atoms with van der Waals surface area (Å²) in [6.45, 7) is 1.99. The minimum Gasteiger partial charge on any atom is -0.318 e. The molecule has 2 heterocycles. The Morgan fingerprint density at radius 2 is 2.00 bits per heavy atom. The topological polar surface area (TPSA) is 58.1 Å². The summed E-state index contributed by atoms with van der Waals surface area (Å²) in [4.78, 5) is 23.2. The molecule has 4 aromatic rings. The molecule has 2 aromatic heterocycles. The standard InChI is InChI=1S/C20H18N4OS/c1-13(19-22-17-7-3-4-9-18(17)26-19)24(2)20(25)23-16-8-5-6-14-12-21-11-10-15(14)16/h3-13H,1-2H3,(H,23,25)/t13-/m0/s1. The fraction of sp³-hybridized carbons (Fsp3) is 0.150. The van der Waals surface area contributed by atoms with E-state index in [0.717, 1.165) is 31.7 Å². The quantitative estimate of drug-likeness (QED) is 0.553. The van der Waals surface area contributed by atoms with Gasteiger partial charge in [0, 0.05) is 30.2 Å². The van der Waals surface area contributed by atoms with Crippen molar-refractivity contribution < 1.29 is 4.79 Å². The van der Waals surface area contributed by atoms with E-state index in [-0.39, 0.29) is 12.1 Å². The van der Waals surface area contributed by atoms with Gasteiger partial charge in [-0.1, -0.05) is 24.3 Å². The van der Waals surface area contributed by atoms with Crippen molar-refractivity contribution in [1.29, 1.82) is 0 Å². The monoisotopic (exact) mass is 362 g/mol. The number of amides is 2. The Bertz CT molecular complexity index is 1050. The van der Waals surface area contributed by atoms with Crippen molar-refractivity contribution in [2.45, 2.75) is 13.0 Å². The van der Waals surface area contributed by atoms with Crippen molar-refractivity contribution >= 4 is 44.0 Å². The number of carbonyl (C=O) groups excluding carboxylic acids is 1. The molecule has 0 unspecified atom stereocenters. The Morgan fingerprint density at radius 3 is 2.85 bits per heavy atom. The first-order valence-corrected chi connectivity index (χ1v) is 9.17. The van der Waals surface area contributed by atoms with Crippen LogP contribution in [0.4, 0.5) is 10.5 Å². The van der Waals surface area contributed by atoms with Gasteiger partial charge in [-0.3, -0.25) is 4.98 Å². The van der Waals surface area contributed by atoms with Crippen LogP contribution in [-0.4, -0.2) is 27.9 Å². The number of urea groups is 1. The Morgan fingerprint density at radius 1 is 1.15 bits per heavy atom. The molecule has 1 N–H and O–H groups in total. The lowest BCUT2D eigenvalue weighted by atomic mass is 10.1. The summed E-state index contributed by atoms with van der Waals surface area (Å²) in [7, 11) is 1.79. The van der Waals surface area contributed by atoms with Gasteiger partial charge in [0.15, 0.2) is 0 Å². The van der Waals surface area contributed by atoms with Crippen LogP contribution in [0.3, 0.4) is 0 Å². The number of aromatic nitrogens is 2. The SMILES string of the molecule is C[C@@H](c1nc2ccccc2s1)N(C)C(=O)Nc1cccc2cnccc12. The number of hydrogen-bond donors (Lipinski definition) is 1. The molecule has 0 saturated carbocycles. The number of anilines is 1. The van der Waals surface area contributed by atoms with Gasteiger partial charge in [0.2, 0.25) is 0 Å². The second-order valence-corrected chi connectivity index (χ2v) is 7.20. The second kappa shape index (κ2) is 6.72. The lowest BCUT2D eigenvalue weighted by molar-refractivity contribution is 0.208. The average Bonchev–Trinajstić information content (AvgIpc) is 3.11. The van der Waals surface area contributed by atoms with E-state index in [2.05, 4.69) is 15.3 Å². The first kappa shape index (κ1) is 16.5. The average molecular weight is 362 g/mol. The fourth-order valence-corrected chi connectivity index (χ4v) is 3.91. The van der Waals surface area contributed by atoms with Gasteiger partial charge in [-0.25, -0.2) is 9.78 Å². The zero-order valence-corrected chi connectivity index (χ0v) is 15.3. The highest BCUT2D eigenvalue weighted by molar-refractivity contribution is 7.18. The number of nitrogens with one attached hydrogen (secondary N) is 1. The minimum absolute atomic E-state index is 0.121. The number of hydrogen-bond acceptors (Lipinski definition) is 4. The van der Waals surface area contributed by atoms with Gasteiger partial charge < -0.3 is 10.2 Å². The normalized spacial score (nSPS) is 12.2. The predicted octanol–water partition coefficient (Wildman–Crippen LogP) is 5.07. The summed E-state index contributed by atoms with van der Waals surface area (Å²) in [6.07, 6.45) is 3.52. The molecule has 6 heteroatoms. The van der Waals surface area contributed by atoms with Crippen LogP contribution in [0.2, 0.25) is 0 Å². The van der Waals surface area contributed by atoms with Gasteiger partial charge in [-0.15, -0.1) is 11.3 Å². The van der Waals surface area contributed by atoms with Crippen molar-refractivity contribution in [3.63, 3.8) is 0 Å². The van der Waals surface area contributed by atoms with E-state index in [9.17, 15) is 4.79 Å². The third-order valence-electron chi connectivity index (χ3n) is 4.49. The Hall–Kier alpha value is -2.99. The number of thiazole rings is 1. The van der Waals surface area contributed by atoms with Gasteiger partial charge in [0.05, 0.1) is 21.9 Å². The van der Waals surface area contributed by atoms with E-state index >= 15 is 0 Å². The fourth-order valence-electron chi connectivity index (χ4n) is 2.85.